The zero-order valence-corrected chi connectivity index (χ0v) is 15.2. The predicted molar refractivity (Wildman–Crippen MR) is 103 cm³/mol. The van der Waals surface area contributed by atoms with Crippen LogP contribution < -0.4 is 10.9 Å². The molecular formula is C20H15ClN4O2. The third kappa shape index (κ3) is 3.89. The Labute approximate surface area is 160 Å². The van der Waals surface area contributed by atoms with Gasteiger partial charge in [-0.05, 0) is 43.3 Å². The van der Waals surface area contributed by atoms with Gasteiger partial charge in [0.05, 0.1) is 23.0 Å². The summed E-state index contributed by atoms with van der Waals surface area (Å²) >= 11 is 5.94. The van der Waals surface area contributed by atoms with E-state index in [4.69, 9.17) is 16.9 Å². The molecule has 134 valence electrons. The molecule has 3 rings (SSSR count). The number of amides is 1. The molecule has 3 aromatic rings. The highest BCUT2D eigenvalue weighted by molar-refractivity contribution is 6.30. The first kappa shape index (κ1) is 18.4. The number of nitrogens with zero attached hydrogens (tertiary/aromatic N) is 3. The molecule has 0 fully saturated rings. The second-order valence-corrected chi connectivity index (χ2v) is 6.13. The van der Waals surface area contributed by atoms with Crippen LogP contribution in [0.5, 0.6) is 0 Å². The standard InChI is InChI=1S/C20H15ClN4O2/c1-2-23-19(26)17-11-18(14-6-8-15(21)9-7-14)24-25(20(17)27)16-5-3-4-13(10-16)12-22/h3-11H,2H2,1H3,(H,23,26). The number of halogens is 1. The maximum atomic E-state index is 12.9. The molecule has 0 radical (unpaired) electrons. The van der Waals surface area contributed by atoms with E-state index < -0.39 is 11.5 Å². The molecule has 0 unspecified atom stereocenters. The van der Waals surface area contributed by atoms with E-state index in [1.165, 1.54) is 6.07 Å². The summed E-state index contributed by atoms with van der Waals surface area (Å²) in [5.74, 6) is -0.481. The molecule has 0 bridgehead atoms. The highest BCUT2D eigenvalue weighted by atomic mass is 35.5. The minimum Gasteiger partial charge on any atom is -0.352 e. The molecule has 1 amide bonds. The molecule has 0 spiro atoms. The van der Waals surface area contributed by atoms with Crippen molar-refractivity contribution >= 4 is 17.5 Å². The van der Waals surface area contributed by atoms with Crippen LogP contribution in [-0.4, -0.2) is 22.2 Å². The predicted octanol–water partition coefficient (Wildman–Crippen LogP) is 3.17. The SMILES string of the molecule is CCNC(=O)c1cc(-c2ccc(Cl)cc2)nn(-c2cccc(C#N)c2)c1=O. The van der Waals surface area contributed by atoms with Gasteiger partial charge in [0, 0.05) is 17.1 Å². The van der Waals surface area contributed by atoms with Crippen LogP contribution in [0.2, 0.25) is 5.02 Å². The van der Waals surface area contributed by atoms with Crippen LogP contribution in [0.3, 0.4) is 0 Å². The summed E-state index contributed by atoms with van der Waals surface area (Å²) in [4.78, 5) is 25.2. The topological polar surface area (TPSA) is 87.8 Å². The van der Waals surface area contributed by atoms with Crippen LogP contribution in [0.1, 0.15) is 22.8 Å². The van der Waals surface area contributed by atoms with Crippen molar-refractivity contribution in [2.24, 2.45) is 0 Å². The molecule has 0 saturated heterocycles. The van der Waals surface area contributed by atoms with Gasteiger partial charge in [0.25, 0.3) is 11.5 Å². The van der Waals surface area contributed by atoms with Gasteiger partial charge >= 0.3 is 0 Å². The van der Waals surface area contributed by atoms with Crippen molar-refractivity contribution in [2.45, 2.75) is 6.92 Å². The first-order chi connectivity index (χ1) is 13.0. The van der Waals surface area contributed by atoms with Crippen molar-refractivity contribution in [2.75, 3.05) is 6.54 Å². The van der Waals surface area contributed by atoms with Gasteiger partial charge < -0.3 is 5.32 Å². The summed E-state index contributed by atoms with van der Waals surface area (Å²) in [6.45, 7) is 2.16. The fourth-order valence-electron chi connectivity index (χ4n) is 2.56. The minimum absolute atomic E-state index is 0.0286. The van der Waals surface area contributed by atoms with Crippen molar-refractivity contribution in [1.29, 1.82) is 5.26 Å². The lowest BCUT2D eigenvalue weighted by molar-refractivity contribution is 0.0953. The molecule has 0 aliphatic carbocycles. The maximum Gasteiger partial charge on any atom is 0.284 e. The number of aromatic nitrogens is 2. The van der Waals surface area contributed by atoms with E-state index in [9.17, 15) is 9.59 Å². The van der Waals surface area contributed by atoms with Gasteiger partial charge in [0.1, 0.15) is 5.56 Å². The van der Waals surface area contributed by atoms with Crippen molar-refractivity contribution < 1.29 is 4.79 Å². The first-order valence-electron chi connectivity index (χ1n) is 8.22. The molecule has 1 aromatic heterocycles. The van der Waals surface area contributed by atoms with Gasteiger partial charge in [-0.25, -0.2) is 0 Å². The molecule has 0 aliphatic rings. The van der Waals surface area contributed by atoms with Crippen molar-refractivity contribution in [3.8, 4) is 23.0 Å². The second kappa shape index (κ2) is 7.85. The number of carbonyl (C=O) groups is 1. The quantitative estimate of drug-likeness (QED) is 0.755. The lowest BCUT2D eigenvalue weighted by Gasteiger charge is -2.11. The van der Waals surface area contributed by atoms with Crippen LogP contribution in [0.15, 0.2) is 59.4 Å². The molecule has 6 nitrogen and oxygen atoms in total. The average Bonchev–Trinajstić information content (AvgIpc) is 2.69. The van der Waals surface area contributed by atoms with E-state index in [-0.39, 0.29) is 5.56 Å². The highest BCUT2D eigenvalue weighted by Gasteiger charge is 2.17. The number of nitrogens with one attached hydrogen (secondary N) is 1. The van der Waals surface area contributed by atoms with Crippen molar-refractivity contribution in [3.63, 3.8) is 0 Å². The third-order valence-corrected chi connectivity index (χ3v) is 4.11. The molecular weight excluding hydrogens is 364 g/mol. The molecule has 0 atom stereocenters. The number of carbonyl (C=O) groups excluding carboxylic acids is 1. The Morgan fingerprint density at radius 1 is 1.22 bits per heavy atom. The first-order valence-corrected chi connectivity index (χ1v) is 8.60. The summed E-state index contributed by atoms with van der Waals surface area (Å²) in [6.07, 6.45) is 0. The fraction of sp³-hybridized carbons (Fsp3) is 0.100. The van der Waals surface area contributed by atoms with Crippen LogP contribution >= 0.6 is 11.6 Å². The fourth-order valence-corrected chi connectivity index (χ4v) is 2.68. The number of hydrogen-bond acceptors (Lipinski definition) is 4. The van der Waals surface area contributed by atoms with Gasteiger partial charge in [-0.2, -0.15) is 15.0 Å². The van der Waals surface area contributed by atoms with E-state index in [0.29, 0.717) is 34.1 Å². The summed E-state index contributed by atoms with van der Waals surface area (Å²) in [5, 5.41) is 16.7. The summed E-state index contributed by atoms with van der Waals surface area (Å²) in [6, 6.07) is 16.9. The zero-order chi connectivity index (χ0) is 19.4. The normalized spacial score (nSPS) is 10.3. The Morgan fingerprint density at radius 3 is 2.63 bits per heavy atom. The van der Waals surface area contributed by atoms with Crippen LogP contribution in [0.25, 0.3) is 16.9 Å². The second-order valence-electron chi connectivity index (χ2n) is 5.69. The van der Waals surface area contributed by atoms with Crippen LogP contribution in [0, 0.1) is 11.3 Å². The lowest BCUT2D eigenvalue weighted by Crippen LogP contribution is -2.33. The van der Waals surface area contributed by atoms with E-state index >= 15 is 0 Å². The zero-order valence-electron chi connectivity index (χ0n) is 14.4. The minimum atomic E-state index is -0.561. The molecule has 7 heteroatoms. The lowest BCUT2D eigenvalue weighted by atomic mass is 10.1. The smallest absolute Gasteiger partial charge is 0.284 e. The largest absolute Gasteiger partial charge is 0.352 e. The maximum absolute atomic E-state index is 12.9. The highest BCUT2D eigenvalue weighted by Crippen LogP contribution is 2.20. The molecule has 0 saturated carbocycles. The van der Waals surface area contributed by atoms with E-state index in [1.807, 2.05) is 6.07 Å². The van der Waals surface area contributed by atoms with E-state index in [0.717, 1.165) is 4.68 Å². The van der Waals surface area contributed by atoms with Gasteiger partial charge in [-0.15, -0.1) is 0 Å². The molecule has 1 heterocycles. The molecule has 27 heavy (non-hydrogen) atoms. The van der Waals surface area contributed by atoms with Gasteiger partial charge in [0.15, 0.2) is 0 Å². The Kier molecular flexibility index (Phi) is 5.34. The van der Waals surface area contributed by atoms with E-state index in [1.54, 1.807) is 55.5 Å². The number of benzene rings is 2. The van der Waals surface area contributed by atoms with Crippen molar-refractivity contribution in [3.05, 3.63) is 81.1 Å². The van der Waals surface area contributed by atoms with Crippen LogP contribution in [0.4, 0.5) is 0 Å². The molecule has 1 N–H and O–H groups in total. The van der Waals surface area contributed by atoms with Gasteiger partial charge in [-0.3, -0.25) is 9.59 Å². The summed E-state index contributed by atoms with van der Waals surface area (Å²) in [7, 11) is 0. The van der Waals surface area contributed by atoms with Crippen molar-refractivity contribution in [1.82, 2.24) is 15.1 Å². The van der Waals surface area contributed by atoms with E-state index in [2.05, 4.69) is 10.4 Å². The third-order valence-electron chi connectivity index (χ3n) is 3.85. The average molecular weight is 379 g/mol. The van der Waals surface area contributed by atoms with Crippen LogP contribution in [-0.2, 0) is 0 Å². The number of nitriles is 1. The Hall–Kier alpha value is -3.43. The Bertz CT molecular complexity index is 1100. The molecule has 2 aromatic carbocycles. The Morgan fingerprint density at radius 2 is 1.96 bits per heavy atom. The van der Waals surface area contributed by atoms with Gasteiger partial charge in [0.2, 0.25) is 0 Å². The number of hydrogen-bond donors (Lipinski definition) is 1. The van der Waals surface area contributed by atoms with Gasteiger partial charge in [-0.1, -0.05) is 29.8 Å². The summed E-state index contributed by atoms with van der Waals surface area (Å²) in [5.41, 5.74) is 1.34. The molecule has 0 aliphatic heterocycles. The monoisotopic (exact) mass is 378 g/mol. The summed E-state index contributed by atoms with van der Waals surface area (Å²) < 4.78 is 1.13. The Balaban J connectivity index is 2.25. The number of rotatable bonds is 4.